The third-order valence-electron chi connectivity index (χ3n) is 3.28. The van der Waals surface area contributed by atoms with Crippen molar-refractivity contribution in [1.82, 2.24) is 4.90 Å². The van der Waals surface area contributed by atoms with E-state index in [-0.39, 0.29) is 11.9 Å². The Balaban J connectivity index is 2.79. The number of carbonyl (C=O) groups is 1. The lowest BCUT2D eigenvalue weighted by atomic mass is 10.0. The number of hydrogen-bond acceptors (Lipinski definition) is 2. The molecule has 1 amide bonds. The molecule has 1 aromatic carbocycles. The molecule has 100 valence electrons. The third-order valence-corrected chi connectivity index (χ3v) is 3.28. The summed E-state index contributed by atoms with van der Waals surface area (Å²) in [5, 5.41) is 0. The molecule has 1 rings (SSSR count). The molecule has 0 fully saturated rings. The van der Waals surface area contributed by atoms with Crippen molar-refractivity contribution >= 4 is 5.91 Å². The fourth-order valence-electron chi connectivity index (χ4n) is 1.97. The number of hydrogen-bond donors (Lipinski definition) is 1. The summed E-state index contributed by atoms with van der Waals surface area (Å²) in [7, 11) is 1.83. The van der Waals surface area contributed by atoms with Crippen LogP contribution in [-0.4, -0.2) is 23.9 Å². The summed E-state index contributed by atoms with van der Waals surface area (Å²) in [6.45, 7) is 8.80. The summed E-state index contributed by atoms with van der Waals surface area (Å²) in [5.41, 5.74) is 10.7. The highest BCUT2D eigenvalue weighted by Gasteiger charge is 2.12. The molecule has 0 saturated carbocycles. The van der Waals surface area contributed by atoms with Crippen molar-refractivity contribution < 1.29 is 4.79 Å². The molecule has 1 unspecified atom stereocenters. The van der Waals surface area contributed by atoms with Crippen LogP contribution in [0.2, 0.25) is 0 Å². The van der Waals surface area contributed by atoms with Gasteiger partial charge in [0.2, 0.25) is 5.91 Å². The topological polar surface area (TPSA) is 46.3 Å². The van der Waals surface area contributed by atoms with Crippen LogP contribution in [-0.2, 0) is 11.3 Å². The molecule has 0 heterocycles. The molecular formula is C15H24N2O. The van der Waals surface area contributed by atoms with Gasteiger partial charge in [-0.05, 0) is 49.9 Å². The maximum atomic E-state index is 11.9. The van der Waals surface area contributed by atoms with Crippen LogP contribution >= 0.6 is 0 Å². The van der Waals surface area contributed by atoms with Gasteiger partial charge >= 0.3 is 0 Å². The molecule has 18 heavy (non-hydrogen) atoms. The van der Waals surface area contributed by atoms with Crippen molar-refractivity contribution in [3.05, 3.63) is 34.4 Å². The Kier molecular flexibility index (Phi) is 4.91. The van der Waals surface area contributed by atoms with Gasteiger partial charge in [0.05, 0.1) is 0 Å². The molecule has 1 aromatic rings. The predicted octanol–water partition coefficient (Wildman–Crippen LogP) is 2.31. The average molecular weight is 248 g/mol. The number of rotatable bonds is 4. The zero-order valence-electron chi connectivity index (χ0n) is 12.1. The monoisotopic (exact) mass is 248 g/mol. The van der Waals surface area contributed by atoms with E-state index in [0.717, 1.165) is 0 Å². The molecule has 3 nitrogen and oxygen atoms in total. The number of nitrogens with two attached hydrogens (primary N) is 1. The Bertz CT molecular complexity index is 438. The number of aryl methyl sites for hydroxylation is 3. The van der Waals surface area contributed by atoms with Gasteiger partial charge in [0.25, 0.3) is 0 Å². The van der Waals surface area contributed by atoms with Gasteiger partial charge in [0.15, 0.2) is 0 Å². The highest BCUT2D eigenvalue weighted by molar-refractivity contribution is 5.76. The Hall–Kier alpha value is -1.35. The van der Waals surface area contributed by atoms with E-state index < -0.39 is 0 Å². The van der Waals surface area contributed by atoms with Crippen molar-refractivity contribution in [2.75, 3.05) is 7.05 Å². The van der Waals surface area contributed by atoms with Crippen LogP contribution in [0.15, 0.2) is 12.1 Å². The minimum Gasteiger partial charge on any atom is -0.341 e. The molecule has 2 N–H and O–H groups in total. The molecule has 1 atom stereocenters. The maximum absolute atomic E-state index is 11.9. The normalized spacial score (nSPS) is 12.3. The summed E-state index contributed by atoms with van der Waals surface area (Å²) < 4.78 is 0. The second-order valence-electron chi connectivity index (χ2n) is 5.29. The SMILES string of the molecule is Cc1cc(C)c(CN(C)C(=O)CC(C)N)cc1C. The van der Waals surface area contributed by atoms with E-state index in [9.17, 15) is 4.79 Å². The first-order valence-electron chi connectivity index (χ1n) is 6.37. The average Bonchev–Trinajstić information content (AvgIpc) is 2.24. The Morgan fingerprint density at radius 1 is 1.22 bits per heavy atom. The van der Waals surface area contributed by atoms with Crippen molar-refractivity contribution in [2.45, 2.75) is 46.7 Å². The first-order chi connectivity index (χ1) is 8.31. The lowest BCUT2D eigenvalue weighted by molar-refractivity contribution is -0.130. The van der Waals surface area contributed by atoms with Gasteiger partial charge in [-0.1, -0.05) is 12.1 Å². The van der Waals surface area contributed by atoms with Crippen LogP contribution in [0, 0.1) is 20.8 Å². The summed E-state index contributed by atoms with van der Waals surface area (Å²) in [6.07, 6.45) is 0.403. The van der Waals surface area contributed by atoms with Crippen LogP contribution in [0.5, 0.6) is 0 Å². The predicted molar refractivity (Wildman–Crippen MR) is 75.4 cm³/mol. The second-order valence-corrected chi connectivity index (χ2v) is 5.29. The van der Waals surface area contributed by atoms with Gasteiger partial charge in [-0.3, -0.25) is 4.79 Å². The maximum Gasteiger partial charge on any atom is 0.224 e. The first kappa shape index (κ1) is 14.7. The molecule has 0 aliphatic carbocycles. The van der Waals surface area contributed by atoms with E-state index >= 15 is 0 Å². The van der Waals surface area contributed by atoms with Crippen LogP contribution in [0.4, 0.5) is 0 Å². The van der Waals surface area contributed by atoms with Crippen LogP contribution in [0.25, 0.3) is 0 Å². The zero-order chi connectivity index (χ0) is 13.9. The van der Waals surface area contributed by atoms with Crippen molar-refractivity contribution in [2.24, 2.45) is 5.73 Å². The van der Waals surface area contributed by atoms with Crippen molar-refractivity contribution in [1.29, 1.82) is 0 Å². The highest BCUT2D eigenvalue weighted by atomic mass is 16.2. The number of benzene rings is 1. The Morgan fingerprint density at radius 3 is 2.33 bits per heavy atom. The standard InChI is InChI=1S/C15H24N2O/c1-10-6-12(3)14(7-11(10)2)9-17(5)15(18)8-13(4)16/h6-7,13H,8-9,16H2,1-5H3. The van der Waals surface area contributed by atoms with Gasteiger partial charge in [-0.15, -0.1) is 0 Å². The summed E-state index contributed by atoms with van der Waals surface area (Å²) in [4.78, 5) is 13.6. The molecule has 3 heteroatoms. The van der Waals surface area contributed by atoms with E-state index in [1.54, 1.807) is 4.90 Å². The minimum atomic E-state index is -0.0826. The van der Waals surface area contributed by atoms with Crippen LogP contribution in [0.1, 0.15) is 35.6 Å². The van der Waals surface area contributed by atoms with Crippen LogP contribution in [0.3, 0.4) is 0 Å². The molecule has 0 bridgehead atoms. The van der Waals surface area contributed by atoms with Crippen molar-refractivity contribution in [3.63, 3.8) is 0 Å². The number of amides is 1. The summed E-state index contributed by atoms with van der Waals surface area (Å²) in [5.74, 6) is 0.0997. The molecular weight excluding hydrogens is 224 g/mol. The fraction of sp³-hybridized carbons (Fsp3) is 0.533. The van der Waals surface area contributed by atoms with Gasteiger partial charge in [0, 0.05) is 26.1 Å². The van der Waals surface area contributed by atoms with Gasteiger partial charge < -0.3 is 10.6 Å². The summed E-state index contributed by atoms with van der Waals surface area (Å²) >= 11 is 0. The lowest BCUT2D eigenvalue weighted by Gasteiger charge is -2.20. The molecule has 0 aliphatic heterocycles. The largest absolute Gasteiger partial charge is 0.341 e. The Labute approximate surface area is 110 Å². The van der Waals surface area contributed by atoms with Gasteiger partial charge in [0.1, 0.15) is 0 Å². The van der Waals surface area contributed by atoms with Gasteiger partial charge in [-0.2, -0.15) is 0 Å². The molecule has 0 spiro atoms. The quantitative estimate of drug-likeness (QED) is 0.888. The van der Waals surface area contributed by atoms with Crippen molar-refractivity contribution in [3.8, 4) is 0 Å². The molecule has 0 aliphatic rings. The van der Waals surface area contributed by atoms with Gasteiger partial charge in [-0.25, -0.2) is 0 Å². The second kappa shape index (κ2) is 6.01. The lowest BCUT2D eigenvalue weighted by Crippen LogP contribution is -2.31. The third kappa shape index (κ3) is 3.84. The molecule has 0 radical (unpaired) electrons. The number of carbonyl (C=O) groups excluding carboxylic acids is 1. The summed E-state index contributed by atoms with van der Waals surface area (Å²) in [6, 6.07) is 4.26. The van der Waals surface area contributed by atoms with E-state index in [2.05, 4.69) is 32.9 Å². The number of nitrogens with zero attached hydrogens (tertiary/aromatic N) is 1. The van der Waals surface area contributed by atoms with Crippen LogP contribution < -0.4 is 5.73 Å². The first-order valence-corrected chi connectivity index (χ1v) is 6.37. The van der Waals surface area contributed by atoms with E-state index in [1.807, 2.05) is 14.0 Å². The zero-order valence-corrected chi connectivity index (χ0v) is 12.1. The fourth-order valence-corrected chi connectivity index (χ4v) is 1.97. The van der Waals surface area contributed by atoms with E-state index in [4.69, 9.17) is 5.73 Å². The molecule has 0 saturated heterocycles. The smallest absolute Gasteiger partial charge is 0.224 e. The minimum absolute atomic E-state index is 0.0826. The van der Waals surface area contributed by atoms with E-state index in [1.165, 1.54) is 22.3 Å². The molecule has 0 aromatic heterocycles. The van der Waals surface area contributed by atoms with E-state index in [0.29, 0.717) is 13.0 Å². The highest BCUT2D eigenvalue weighted by Crippen LogP contribution is 2.17. The Morgan fingerprint density at radius 2 is 1.78 bits per heavy atom.